The number of nitrogens with zero attached hydrogens (tertiary/aromatic N) is 4. The van der Waals surface area contributed by atoms with Gasteiger partial charge in [-0.25, -0.2) is 9.97 Å². The second-order valence-electron chi connectivity index (χ2n) is 15.0. The molecule has 0 aliphatic carbocycles. The maximum Gasteiger partial charge on any atom is 0.283 e. The predicted molar refractivity (Wildman–Crippen MR) is 218 cm³/mol. The number of rotatable bonds is 7. The number of primary amides is 1. The molecular formula is C42H40N6O10S2. The predicted octanol–water partition coefficient (Wildman–Crippen LogP) is 1.92. The summed E-state index contributed by atoms with van der Waals surface area (Å²) in [4.78, 5) is 65.6. The molecule has 0 saturated carbocycles. The van der Waals surface area contributed by atoms with Gasteiger partial charge in [-0.05, 0) is 36.4 Å². The van der Waals surface area contributed by atoms with Crippen LogP contribution in [-0.4, -0.2) is 132 Å². The van der Waals surface area contributed by atoms with Crippen LogP contribution >= 0.6 is 22.7 Å². The lowest BCUT2D eigenvalue weighted by molar-refractivity contribution is -0.138. The fraction of sp³-hybridized carbons (Fsp3) is 0.381. The molecule has 16 nitrogen and oxygen atoms in total. The number of hydrogen-bond donors (Lipinski definition) is 4. The molecule has 5 N–H and O–H groups in total. The molecule has 0 bridgehead atoms. The first-order valence-electron chi connectivity index (χ1n) is 18.9. The average Bonchev–Trinajstić information content (AvgIpc) is 3.97. The molecular weight excluding hydrogens is 813 g/mol. The molecule has 4 aromatic rings. The summed E-state index contributed by atoms with van der Waals surface area (Å²) >= 11 is 2.24. The molecule has 2 unspecified atom stereocenters. The summed E-state index contributed by atoms with van der Waals surface area (Å²) in [6, 6.07) is 10.2. The Morgan fingerprint density at radius 2 is 1.42 bits per heavy atom. The highest BCUT2D eigenvalue weighted by Gasteiger charge is 2.44. The number of ether oxygens (including phenoxy) is 4. The fourth-order valence-electron chi connectivity index (χ4n) is 7.50. The summed E-state index contributed by atoms with van der Waals surface area (Å²) in [5.74, 6) is 8.99. The van der Waals surface area contributed by atoms with Gasteiger partial charge in [0.05, 0.1) is 43.0 Å². The first-order chi connectivity index (χ1) is 28.7. The van der Waals surface area contributed by atoms with E-state index in [2.05, 4.69) is 34.0 Å². The van der Waals surface area contributed by atoms with Gasteiger partial charge in [0, 0.05) is 86.3 Å². The van der Waals surface area contributed by atoms with Gasteiger partial charge in [-0.15, -0.1) is 22.7 Å². The summed E-state index contributed by atoms with van der Waals surface area (Å²) < 4.78 is 23.9. The van der Waals surface area contributed by atoms with E-state index in [-0.39, 0.29) is 48.6 Å². The van der Waals surface area contributed by atoms with E-state index in [1.807, 2.05) is 0 Å². The largest absolute Gasteiger partial charge is 0.492 e. The molecule has 4 amide bonds. The third kappa shape index (κ3) is 7.47. The monoisotopic (exact) mass is 852 g/mol. The number of thiazole rings is 2. The van der Waals surface area contributed by atoms with Crippen LogP contribution in [0.15, 0.2) is 36.4 Å². The molecule has 4 aliphatic rings. The van der Waals surface area contributed by atoms with Crippen molar-refractivity contribution in [2.45, 2.75) is 42.1 Å². The number of nitrogens with one attached hydrogen (secondary N) is 1. The number of aliphatic hydroxyl groups is 2. The Morgan fingerprint density at radius 3 is 1.98 bits per heavy atom. The van der Waals surface area contributed by atoms with Gasteiger partial charge in [0.2, 0.25) is 11.2 Å². The van der Waals surface area contributed by atoms with Crippen LogP contribution in [0.2, 0.25) is 0 Å². The first kappa shape index (κ1) is 40.9. The number of likely N-dealkylation sites (N-methyl/N-ethyl adjacent to an activating group) is 2. The first-order valence-corrected chi connectivity index (χ1v) is 20.6. The minimum absolute atomic E-state index is 0.0403. The van der Waals surface area contributed by atoms with Gasteiger partial charge in [0.15, 0.2) is 16.2 Å². The van der Waals surface area contributed by atoms with E-state index in [1.165, 1.54) is 28.2 Å². The molecule has 2 aromatic carbocycles. The third-order valence-electron chi connectivity index (χ3n) is 10.8. The summed E-state index contributed by atoms with van der Waals surface area (Å²) in [6.45, 7) is 1.35. The van der Waals surface area contributed by atoms with Crippen molar-refractivity contribution in [3.63, 3.8) is 0 Å². The number of likely N-dealkylation sites (tertiary alicyclic amines) is 2. The van der Waals surface area contributed by atoms with E-state index in [0.717, 1.165) is 16.2 Å². The Morgan fingerprint density at radius 1 is 0.867 bits per heavy atom. The summed E-state index contributed by atoms with van der Waals surface area (Å²) in [6.07, 6.45) is -0.696. The Labute approximate surface area is 352 Å². The number of nitrogens with two attached hydrogens (primary N) is 1. The van der Waals surface area contributed by atoms with Crippen molar-refractivity contribution in [1.82, 2.24) is 25.1 Å². The fourth-order valence-corrected chi connectivity index (χ4v) is 9.59. The van der Waals surface area contributed by atoms with Gasteiger partial charge in [0.25, 0.3) is 23.6 Å². The van der Waals surface area contributed by atoms with Gasteiger partial charge in [-0.2, -0.15) is 0 Å². The number of hydrogen-bond acceptors (Lipinski definition) is 14. The number of fused-ring (bicyclic) bond motifs is 6. The van der Waals surface area contributed by atoms with Crippen molar-refractivity contribution in [2.75, 3.05) is 61.2 Å². The Kier molecular flexibility index (Phi) is 10.9. The third-order valence-corrected chi connectivity index (χ3v) is 13.2. The van der Waals surface area contributed by atoms with E-state index in [0.29, 0.717) is 63.1 Å². The van der Waals surface area contributed by atoms with Crippen LogP contribution in [0.4, 0.5) is 0 Å². The Balaban J connectivity index is 1.14. The van der Waals surface area contributed by atoms with Crippen LogP contribution in [0.1, 0.15) is 65.2 Å². The molecule has 60 heavy (non-hydrogen) atoms. The molecule has 0 spiro atoms. The highest BCUT2D eigenvalue weighted by atomic mass is 32.1. The number of carbonyl (C=O) groups is 4. The number of carbonyl (C=O) groups excluding carboxylic acids is 4. The zero-order valence-corrected chi connectivity index (χ0v) is 34.6. The second kappa shape index (κ2) is 16.0. The average molecular weight is 853 g/mol. The maximum absolute atomic E-state index is 14.4. The highest BCUT2D eigenvalue weighted by molar-refractivity contribution is 7.14. The van der Waals surface area contributed by atoms with Gasteiger partial charge in [-0.3, -0.25) is 19.2 Å². The number of aromatic nitrogens is 2. The van der Waals surface area contributed by atoms with Gasteiger partial charge < -0.3 is 50.0 Å². The summed E-state index contributed by atoms with van der Waals surface area (Å²) in [5, 5.41) is 25.0. The van der Waals surface area contributed by atoms with Crippen LogP contribution in [0.25, 0.3) is 22.5 Å². The molecule has 8 rings (SSSR count). The van der Waals surface area contributed by atoms with Gasteiger partial charge >= 0.3 is 0 Å². The molecule has 18 heteroatoms. The van der Waals surface area contributed by atoms with E-state index in [9.17, 15) is 29.4 Å². The maximum atomic E-state index is 14.4. The quantitative estimate of drug-likeness (QED) is 0.196. The van der Waals surface area contributed by atoms with Crippen molar-refractivity contribution >= 4 is 46.3 Å². The Hall–Kier alpha value is -5.86. The SMILES string of the molecule is COCC1c2sc(C(N)=O)nc2-c2cc(C#C[C@]3(O)CCN(C)C3=O)ccc2OC1NC(=O)c1nc2c(s1)[C@H](COC)COc1ccc(C#C[C@]3(O)CCN(C)C3=O)cc1-2. The molecule has 4 aliphatic heterocycles. The van der Waals surface area contributed by atoms with Crippen LogP contribution in [0.3, 0.4) is 0 Å². The number of methoxy groups -OCH3 is 2. The molecule has 2 fully saturated rings. The van der Waals surface area contributed by atoms with Gasteiger partial charge in [-0.1, -0.05) is 23.7 Å². The van der Waals surface area contributed by atoms with Crippen LogP contribution in [0, 0.1) is 23.7 Å². The van der Waals surface area contributed by atoms with E-state index in [4.69, 9.17) is 29.7 Å². The normalized spacial score (nSPS) is 23.9. The topological polar surface area (TPSA) is 216 Å². The van der Waals surface area contributed by atoms with Crippen molar-refractivity contribution in [3.05, 3.63) is 67.3 Å². The standard InChI is InChI=1S/C42H40N6O10S2/c1-47-15-13-41(53,39(47)51)11-9-22-5-7-28-25(17-22)30-32(24(19-55-3)20-57-28)59-38(45-30)35(50)46-36-27(21-56-4)33-31(44-37(60-33)34(43)49)26-18-23(6-8-29(26)58-36)10-12-42(54)14-16-48(2)40(42)52/h5-8,17-18,24,27,36,53-54H,13-16,19-21H2,1-4H3,(H2,43,49)(H,46,50)/t24-,27?,36?,41+,42+/m1/s1. The molecule has 5 atom stereocenters. The minimum Gasteiger partial charge on any atom is -0.492 e. The van der Waals surface area contributed by atoms with Crippen molar-refractivity contribution in [2.24, 2.45) is 5.73 Å². The van der Waals surface area contributed by atoms with E-state index >= 15 is 0 Å². The van der Waals surface area contributed by atoms with E-state index in [1.54, 1.807) is 57.6 Å². The highest BCUT2D eigenvalue weighted by Crippen LogP contribution is 2.45. The van der Waals surface area contributed by atoms with E-state index < -0.39 is 47.0 Å². The van der Waals surface area contributed by atoms with Crippen molar-refractivity contribution in [1.29, 1.82) is 0 Å². The van der Waals surface area contributed by atoms with Crippen LogP contribution in [0.5, 0.6) is 11.5 Å². The van der Waals surface area contributed by atoms with Gasteiger partial charge in [0.1, 0.15) is 11.5 Å². The molecule has 2 aromatic heterocycles. The zero-order valence-electron chi connectivity index (χ0n) is 33.0. The molecule has 0 radical (unpaired) electrons. The van der Waals surface area contributed by atoms with Crippen LogP contribution < -0.4 is 20.5 Å². The second-order valence-corrected chi connectivity index (χ2v) is 17.0. The van der Waals surface area contributed by atoms with Crippen molar-refractivity contribution < 1.29 is 48.3 Å². The smallest absolute Gasteiger partial charge is 0.283 e. The lowest BCUT2D eigenvalue weighted by Gasteiger charge is -2.25. The Bertz CT molecular complexity index is 2570. The van der Waals surface area contributed by atoms with Crippen molar-refractivity contribution in [3.8, 4) is 57.7 Å². The molecule has 6 heterocycles. The summed E-state index contributed by atoms with van der Waals surface area (Å²) in [7, 11) is 6.30. The zero-order chi connectivity index (χ0) is 42.5. The molecule has 2 saturated heterocycles. The lowest BCUT2D eigenvalue weighted by Crippen LogP contribution is -2.44. The minimum atomic E-state index is -1.82. The number of benzene rings is 2. The van der Waals surface area contributed by atoms with Crippen LogP contribution in [-0.2, 0) is 19.1 Å². The lowest BCUT2D eigenvalue weighted by atomic mass is 10.00. The number of amides is 4. The molecule has 310 valence electrons. The summed E-state index contributed by atoms with van der Waals surface area (Å²) in [5.41, 5.74) is 4.99.